The van der Waals surface area contributed by atoms with Crippen molar-refractivity contribution in [2.75, 3.05) is 27.4 Å². The molecule has 0 aromatic heterocycles. The molecule has 1 aromatic carbocycles. The lowest BCUT2D eigenvalue weighted by Crippen LogP contribution is -2.36. The molecule has 0 bridgehead atoms. The van der Waals surface area contributed by atoms with E-state index in [-0.39, 0.29) is 12.6 Å². The lowest BCUT2D eigenvalue weighted by Gasteiger charge is -2.12. The van der Waals surface area contributed by atoms with E-state index in [9.17, 15) is 0 Å². The topological polar surface area (TPSA) is 76.7 Å². The Morgan fingerprint density at radius 3 is 2.59 bits per heavy atom. The smallest absolute Gasteiger partial charge is 0.161 e. The summed E-state index contributed by atoms with van der Waals surface area (Å²) in [6.07, 6.45) is 0. The molecule has 1 aromatic rings. The molecule has 0 aliphatic rings. The van der Waals surface area contributed by atoms with E-state index in [4.69, 9.17) is 20.3 Å². The minimum atomic E-state index is -0.227. The molecule has 0 radical (unpaired) electrons. The molecule has 0 aliphatic heterocycles. The van der Waals surface area contributed by atoms with Crippen LogP contribution in [0.4, 0.5) is 0 Å². The molecule has 0 fully saturated rings. The molecular weight excluding hydrogens is 220 g/mol. The van der Waals surface area contributed by atoms with Crippen LogP contribution in [0.3, 0.4) is 0 Å². The van der Waals surface area contributed by atoms with Crippen molar-refractivity contribution in [1.82, 2.24) is 5.32 Å². The van der Waals surface area contributed by atoms with Crippen molar-refractivity contribution < 1.29 is 14.6 Å². The average molecular weight is 240 g/mol. The van der Waals surface area contributed by atoms with E-state index in [2.05, 4.69) is 5.32 Å². The largest absolute Gasteiger partial charge is 0.493 e. The molecule has 0 saturated heterocycles. The van der Waals surface area contributed by atoms with Crippen LogP contribution in [0.15, 0.2) is 18.2 Å². The van der Waals surface area contributed by atoms with Crippen molar-refractivity contribution in [3.05, 3.63) is 23.8 Å². The number of ether oxygens (including phenoxy) is 2. The zero-order chi connectivity index (χ0) is 12.7. The molecule has 1 unspecified atom stereocenters. The molecule has 0 saturated carbocycles. The van der Waals surface area contributed by atoms with Gasteiger partial charge in [0.15, 0.2) is 11.5 Å². The summed E-state index contributed by atoms with van der Waals surface area (Å²) in [4.78, 5) is 0. The third kappa shape index (κ3) is 4.22. The van der Waals surface area contributed by atoms with Crippen LogP contribution in [-0.2, 0) is 6.54 Å². The monoisotopic (exact) mass is 240 g/mol. The number of nitrogens with two attached hydrogens (primary N) is 1. The van der Waals surface area contributed by atoms with Gasteiger partial charge in [-0.2, -0.15) is 0 Å². The fraction of sp³-hybridized carbons (Fsp3) is 0.500. The molecule has 0 spiro atoms. The summed E-state index contributed by atoms with van der Waals surface area (Å²) in [6.45, 7) is 1.23. The van der Waals surface area contributed by atoms with Crippen LogP contribution in [0.5, 0.6) is 11.5 Å². The highest BCUT2D eigenvalue weighted by Gasteiger charge is 2.05. The van der Waals surface area contributed by atoms with Crippen LogP contribution in [0.25, 0.3) is 0 Å². The highest BCUT2D eigenvalue weighted by molar-refractivity contribution is 5.42. The summed E-state index contributed by atoms with van der Waals surface area (Å²) in [6, 6.07) is 5.51. The Labute approximate surface area is 102 Å². The Hall–Kier alpha value is -1.30. The minimum absolute atomic E-state index is 0.0149. The fourth-order valence-corrected chi connectivity index (χ4v) is 1.46. The number of nitrogens with one attached hydrogen (secondary N) is 1. The molecule has 1 rings (SSSR count). The van der Waals surface area contributed by atoms with Gasteiger partial charge in [-0.15, -0.1) is 0 Å². The summed E-state index contributed by atoms with van der Waals surface area (Å²) in [5.74, 6) is 1.42. The quantitative estimate of drug-likeness (QED) is 0.631. The number of aliphatic hydroxyl groups is 1. The van der Waals surface area contributed by atoms with Gasteiger partial charge in [-0.3, -0.25) is 0 Å². The van der Waals surface area contributed by atoms with E-state index in [1.165, 1.54) is 0 Å². The molecule has 0 amide bonds. The predicted octanol–water partition coefficient (Wildman–Crippen LogP) is 0.113. The maximum atomic E-state index is 8.78. The second kappa shape index (κ2) is 7.11. The van der Waals surface area contributed by atoms with Gasteiger partial charge in [0, 0.05) is 19.1 Å². The number of methoxy groups -OCH3 is 2. The molecule has 1 atom stereocenters. The summed E-state index contributed by atoms with van der Waals surface area (Å²) in [5.41, 5.74) is 6.66. The first-order chi connectivity index (χ1) is 8.21. The molecular formula is C12H20N2O3. The van der Waals surface area contributed by atoms with Gasteiger partial charge < -0.3 is 25.6 Å². The third-order valence-electron chi connectivity index (χ3n) is 2.42. The lowest BCUT2D eigenvalue weighted by molar-refractivity contribution is 0.262. The van der Waals surface area contributed by atoms with Crippen LogP contribution in [-0.4, -0.2) is 38.5 Å². The Kier molecular flexibility index (Phi) is 5.76. The van der Waals surface area contributed by atoms with Crippen LogP contribution >= 0.6 is 0 Å². The Balaban J connectivity index is 2.54. The van der Waals surface area contributed by atoms with Crippen LogP contribution in [0, 0.1) is 0 Å². The first-order valence-corrected chi connectivity index (χ1v) is 5.49. The van der Waals surface area contributed by atoms with E-state index in [0.29, 0.717) is 24.6 Å². The maximum Gasteiger partial charge on any atom is 0.161 e. The standard InChI is InChI=1S/C12H20N2O3/c1-16-11-4-3-9(5-12(11)17-2)6-14-7-10(13)8-15/h3-5,10,14-15H,6-8,13H2,1-2H3. The van der Waals surface area contributed by atoms with Gasteiger partial charge >= 0.3 is 0 Å². The van der Waals surface area contributed by atoms with Crippen molar-refractivity contribution >= 4 is 0 Å². The zero-order valence-electron chi connectivity index (χ0n) is 10.3. The fourth-order valence-electron chi connectivity index (χ4n) is 1.46. The number of benzene rings is 1. The van der Waals surface area contributed by atoms with Crippen molar-refractivity contribution in [1.29, 1.82) is 0 Å². The maximum absolute atomic E-state index is 8.78. The Morgan fingerprint density at radius 2 is 2.00 bits per heavy atom. The summed E-state index contributed by atoms with van der Waals surface area (Å²) in [5, 5.41) is 11.9. The van der Waals surface area contributed by atoms with Crippen LogP contribution in [0.1, 0.15) is 5.56 Å². The Morgan fingerprint density at radius 1 is 1.29 bits per heavy atom. The predicted molar refractivity (Wildman–Crippen MR) is 66.3 cm³/mol. The van der Waals surface area contributed by atoms with Crippen LogP contribution < -0.4 is 20.5 Å². The van der Waals surface area contributed by atoms with Gasteiger partial charge in [0.2, 0.25) is 0 Å². The average Bonchev–Trinajstić information content (AvgIpc) is 2.38. The van der Waals surface area contributed by atoms with E-state index in [0.717, 1.165) is 5.56 Å². The van der Waals surface area contributed by atoms with Gasteiger partial charge in [0.25, 0.3) is 0 Å². The van der Waals surface area contributed by atoms with Gasteiger partial charge in [-0.05, 0) is 17.7 Å². The zero-order valence-corrected chi connectivity index (χ0v) is 10.3. The molecule has 5 nitrogen and oxygen atoms in total. The molecule has 17 heavy (non-hydrogen) atoms. The van der Waals surface area contributed by atoms with Gasteiger partial charge in [-0.1, -0.05) is 6.07 Å². The second-order valence-corrected chi connectivity index (χ2v) is 3.76. The van der Waals surface area contributed by atoms with E-state index < -0.39 is 0 Å². The van der Waals surface area contributed by atoms with Gasteiger partial charge in [0.05, 0.1) is 20.8 Å². The number of aliphatic hydroxyl groups excluding tert-OH is 1. The van der Waals surface area contributed by atoms with Crippen molar-refractivity contribution in [2.45, 2.75) is 12.6 Å². The van der Waals surface area contributed by atoms with Crippen molar-refractivity contribution in [2.24, 2.45) is 5.73 Å². The number of hydrogen-bond acceptors (Lipinski definition) is 5. The van der Waals surface area contributed by atoms with E-state index in [1.807, 2.05) is 18.2 Å². The number of hydrogen-bond donors (Lipinski definition) is 3. The lowest BCUT2D eigenvalue weighted by atomic mass is 10.2. The normalized spacial score (nSPS) is 12.2. The van der Waals surface area contributed by atoms with E-state index >= 15 is 0 Å². The molecule has 96 valence electrons. The highest BCUT2D eigenvalue weighted by atomic mass is 16.5. The van der Waals surface area contributed by atoms with Crippen LogP contribution in [0.2, 0.25) is 0 Å². The first kappa shape index (κ1) is 13.8. The van der Waals surface area contributed by atoms with Crippen molar-refractivity contribution in [3.63, 3.8) is 0 Å². The molecule has 5 heteroatoms. The minimum Gasteiger partial charge on any atom is -0.493 e. The molecule has 0 heterocycles. The van der Waals surface area contributed by atoms with Gasteiger partial charge in [0.1, 0.15) is 0 Å². The summed E-state index contributed by atoms with van der Waals surface area (Å²) in [7, 11) is 3.22. The van der Waals surface area contributed by atoms with Crippen molar-refractivity contribution in [3.8, 4) is 11.5 Å². The summed E-state index contributed by atoms with van der Waals surface area (Å²) >= 11 is 0. The number of rotatable bonds is 7. The molecule has 4 N–H and O–H groups in total. The second-order valence-electron chi connectivity index (χ2n) is 3.76. The summed E-state index contributed by atoms with van der Waals surface area (Å²) < 4.78 is 10.4. The van der Waals surface area contributed by atoms with E-state index in [1.54, 1.807) is 14.2 Å². The highest BCUT2D eigenvalue weighted by Crippen LogP contribution is 2.27. The third-order valence-corrected chi connectivity index (χ3v) is 2.42. The Bertz CT molecular complexity index is 345. The molecule has 0 aliphatic carbocycles. The van der Waals surface area contributed by atoms with Gasteiger partial charge in [-0.25, -0.2) is 0 Å². The first-order valence-electron chi connectivity index (χ1n) is 5.49. The SMILES string of the molecule is COc1ccc(CNCC(N)CO)cc1OC.